The summed E-state index contributed by atoms with van der Waals surface area (Å²) >= 11 is 0. The van der Waals surface area contributed by atoms with Gasteiger partial charge in [0.1, 0.15) is 11.5 Å². The van der Waals surface area contributed by atoms with Gasteiger partial charge in [-0.05, 0) is 74.4 Å². The first-order valence-corrected chi connectivity index (χ1v) is 9.69. The van der Waals surface area contributed by atoms with Crippen LogP contribution in [0.25, 0.3) is 0 Å². The Balaban J connectivity index is 1.74. The Morgan fingerprint density at radius 2 is 1.81 bits per heavy atom. The van der Waals surface area contributed by atoms with Gasteiger partial charge in [0.2, 0.25) is 0 Å². The van der Waals surface area contributed by atoms with Crippen molar-refractivity contribution in [3.63, 3.8) is 0 Å². The van der Waals surface area contributed by atoms with Gasteiger partial charge in [0, 0.05) is 6.54 Å². The Hall–Kier alpha value is -2.49. The molecule has 2 rings (SSSR count). The molecule has 4 heteroatoms. The van der Waals surface area contributed by atoms with Gasteiger partial charge in [-0.1, -0.05) is 31.2 Å². The van der Waals surface area contributed by atoms with Crippen molar-refractivity contribution in [3.05, 3.63) is 58.7 Å². The maximum atomic E-state index is 12.1. The number of hydrogen-bond acceptors (Lipinski definition) is 3. The molecule has 0 saturated carbocycles. The van der Waals surface area contributed by atoms with Gasteiger partial charge in [0.15, 0.2) is 6.61 Å². The summed E-state index contributed by atoms with van der Waals surface area (Å²) in [5, 5.41) is 2.93. The van der Waals surface area contributed by atoms with Crippen LogP contribution in [-0.4, -0.2) is 25.7 Å². The molecule has 1 N–H and O–H groups in total. The topological polar surface area (TPSA) is 47.6 Å². The molecule has 0 aromatic heterocycles. The molecule has 146 valence electrons. The predicted molar refractivity (Wildman–Crippen MR) is 110 cm³/mol. The van der Waals surface area contributed by atoms with Gasteiger partial charge >= 0.3 is 0 Å². The first kappa shape index (κ1) is 20.8. The molecule has 2 aromatic rings. The molecule has 0 aliphatic rings. The minimum atomic E-state index is -0.0934. The van der Waals surface area contributed by atoms with Gasteiger partial charge in [-0.3, -0.25) is 4.79 Å². The predicted octanol–water partition coefficient (Wildman–Crippen LogP) is 4.53. The Labute approximate surface area is 162 Å². The van der Waals surface area contributed by atoms with E-state index in [2.05, 4.69) is 31.3 Å². The molecule has 0 saturated heterocycles. The molecule has 1 amide bonds. The highest BCUT2D eigenvalue weighted by atomic mass is 16.5. The average Bonchev–Trinajstić information content (AvgIpc) is 2.66. The van der Waals surface area contributed by atoms with Crippen LogP contribution in [0.15, 0.2) is 36.4 Å². The quantitative estimate of drug-likeness (QED) is 0.626. The van der Waals surface area contributed by atoms with Crippen molar-refractivity contribution in [2.45, 2.75) is 47.0 Å². The number of benzene rings is 2. The summed E-state index contributed by atoms with van der Waals surface area (Å²) in [7, 11) is 0. The monoisotopic (exact) mass is 369 g/mol. The SMILES string of the molecule is CCCOc1ccccc1CCCNC(=O)COc1cc(C)cc(C)c1C. The molecule has 0 bridgehead atoms. The third kappa shape index (κ3) is 6.63. The van der Waals surface area contributed by atoms with Gasteiger partial charge < -0.3 is 14.8 Å². The maximum Gasteiger partial charge on any atom is 0.257 e. The van der Waals surface area contributed by atoms with Crippen LogP contribution in [0.3, 0.4) is 0 Å². The lowest BCUT2D eigenvalue weighted by Crippen LogP contribution is -2.30. The largest absolute Gasteiger partial charge is 0.493 e. The van der Waals surface area contributed by atoms with E-state index in [-0.39, 0.29) is 12.5 Å². The highest BCUT2D eigenvalue weighted by molar-refractivity contribution is 5.77. The second-order valence-corrected chi connectivity index (χ2v) is 6.90. The molecule has 27 heavy (non-hydrogen) atoms. The second-order valence-electron chi connectivity index (χ2n) is 6.90. The van der Waals surface area contributed by atoms with E-state index < -0.39 is 0 Å². The number of carbonyl (C=O) groups is 1. The average molecular weight is 370 g/mol. The summed E-state index contributed by atoms with van der Waals surface area (Å²) < 4.78 is 11.5. The lowest BCUT2D eigenvalue weighted by Gasteiger charge is -2.13. The Kier molecular flexibility index (Phi) is 8.18. The highest BCUT2D eigenvalue weighted by Gasteiger charge is 2.08. The number of nitrogens with one attached hydrogen (secondary N) is 1. The fourth-order valence-corrected chi connectivity index (χ4v) is 2.91. The van der Waals surface area contributed by atoms with Crippen molar-refractivity contribution in [3.8, 4) is 11.5 Å². The lowest BCUT2D eigenvalue weighted by molar-refractivity contribution is -0.123. The number of aryl methyl sites for hydroxylation is 3. The van der Waals surface area contributed by atoms with Gasteiger partial charge in [-0.25, -0.2) is 0 Å². The van der Waals surface area contributed by atoms with E-state index in [1.165, 1.54) is 11.1 Å². The molecular weight excluding hydrogens is 338 g/mol. The minimum Gasteiger partial charge on any atom is -0.493 e. The molecule has 2 aromatic carbocycles. The summed E-state index contributed by atoms with van der Waals surface area (Å²) in [5.74, 6) is 1.63. The number of rotatable bonds is 10. The first-order chi connectivity index (χ1) is 13.0. The van der Waals surface area contributed by atoms with E-state index in [0.717, 1.165) is 48.5 Å². The summed E-state index contributed by atoms with van der Waals surface area (Å²) in [6.45, 7) is 9.58. The molecular formula is C23H31NO3. The molecule has 0 aliphatic heterocycles. The van der Waals surface area contributed by atoms with Crippen molar-refractivity contribution >= 4 is 5.91 Å². The van der Waals surface area contributed by atoms with E-state index in [4.69, 9.17) is 9.47 Å². The van der Waals surface area contributed by atoms with E-state index in [1.807, 2.05) is 38.1 Å². The van der Waals surface area contributed by atoms with Crippen molar-refractivity contribution in [1.82, 2.24) is 5.32 Å². The van der Waals surface area contributed by atoms with Crippen LogP contribution in [0.5, 0.6) is 11.5 Å². The Morgan fingerprint density at radius 1 is 1.04 bits per heavy atom. The number of para-hydroxylation sites is 1. The van der Waals surface area contributed by atoms with Crippen molar-refractivity contribution in [2.75, 3.05) is 19.8 Å². The van der Waals surface area contributed by atoms with E-state index in [0.29, 0.717) is 6.54 Å². The fraction of sp³-hybridized carbons (Fsp3) is 0.435. The summed E-state index contributed by atoms with van der Waals surface area (Å²) in [6.07, 6.45) is 2.72. The Bertz CT molecular complexity index is 755. The van der Waals surface area contributed by atoms with Gasteiger partial charge in [0.25, 0.3) is 5.91 Å². The molecule has 0 atom stereocenters. The van der Waals surface area contributed by atoms with Gasteiger partial charge in [-0.2, -0.15) is 0 Å². The standard InChI is InChI=1S/C23H31NO3/c1-5-13-26-21-11-7-6-9-20(21)10-8-12-24-23(25)16-27-22-15-17(2)14-18(3)19(22)4/h6-7,9,11,14-15H,5,8,10,12-13,16H2,1-4H3,(H,24,25). The number of amides is 1. The summed E-state index contributed by atoms with van der Waals surface area (Å²) in [6, 6.07) is 12.2. The van der Waals surface area contributed by atoms with Crippen molar-refractivity contribution in [2.24, 2.45) is 0 Å². The lowest BCUT2D eigenvalue weighted by atomic mass is 10.1. The molecule has 0 spiro atoms. The highest BCUT2D eigenvalue weighted by Crippen LogP contribution is 2.23. The molecule has 0 heterocycles. The van der Waals surface area contributed by atoms with Crippen LogP contribution < -0.4 is 14.8 Å². The van der Waals surface area contributed by atoms with Gasteiger partial charge in [-0.15, -0.1) is 0 Å². The zero-order valence-corrected chi connectivity index (χ0v) is 16.9. The maximum absolute atomic E-state index is 12.1. The van der Waals surface area contributed by atoms with Crippen molar-refractivity contribution in [1.29, 1.82) is 0 Å². The van der Waals surface area contributed by atoms with Crippen LogP contribution in [0.4, 0.5) is 0 Å². The van der Waals surface area contributed by atoms with Gasteiger partial charge in [0.05, 0.1) is 6.61 Å². The second kappa shape index (κ2) is 10.6. The van der Waals surface area contributed by atoms with E-state index in [9.17, 15) is 4.79 Å². The van der Waals surface area contributed by atoms with Crippen LogP contribution in [-0.2, 0) is 11.2 Å². The number of hydrogen-bond donors (Lipinski definition) is 1. The smallest absolute Gasteiger partial charge is 0.257 e. The molecule has 0 fully saturated rings. The van der Waals surface area contributed by atoms with E-state index in [1.54, 1.807) is 0 Å². The third-order valence-electron chi connectivity index (χ3n) is 4.50. The zero-order chi connectivity index (χ0) is 19.6. The molecule has 0 radical (unpaired) electrons. The van der Waals surface area contributed by atoms with Crippen LogP contribution in [0.1, 0.15) is 42.0 Å². The summed E-state index contributed by atoms with van der Waals surface area (Å²) in [5.41, 5.74) is 4.58. The zero-order valence-electron chi connectivity index (χ0n) is 16.9. The number of carbonyl (C=O) groups excluding carboxylic acids is 1. The first-order valence-electron chi connectivity index (χ1n) is 9.69. The Morgan fingerprint density at radius 3 is 2.59 bits per heavy atom. The normalized spacial score (nSPS) is 10.5. The summed E-state index contributed by atoms with van der Waals surface area (Å²) in [4.78, 5) is 12.1. The molecule has 4 nitrogen and oxygen atoms in total. The number of ether oxygens (including phenoxy) is 2. The van der Waals surface area contributed by atoms with Crippen LogP contribution in [0, 0.1) is 20.8 Å². The molecule has 0 aliphatic carbocycles. The fourth-order valence-electron chi connectivity index (χ4n) is 2.91. The van der Waals surface area contributed by atoms with Crippen molar-refractivity contribution < 1.29 is 14.3 Å². The molecule has 0 unspecified atom stereocenters. The third-order valence-corrected chi connectivity index (χ3v) is 4.50. The van der Waals surface area contributed by atoms with Crippen LogP contribution >= 0.6 is 0 Å². The van der Waals surface area contributed by atoms with E-state index >= 15 is 0 Å². The van der Waals surface area contributed by atoms with Crippen LogP contribution in [0.2, 0.25) is 0 Å². The minimum absolute atomic E-state index is 0.0416.